The molecule has 4 rings (SSSR count). The molecule has 0 saturated carbocycles. The Labute approximate surface area is 199 Å². The third kappa shape index (κ3) is 5.71. The molecular formula is C26H31N5OS. The number of carbonyl (C=O) groups excluding carboxylic acids is 1. The molecule has 172 valence electrons. The summed E-state index contributed by atoms with van der Waals surface area (Å²) in [6, 6.07) is 16.7. The zero-order valence-corrected chi connectivity index (χ0v) is 20.4. The van der Waals surface area contributed by atoms with Crippen LogP contribution in [0.3, 0.4) is 0 Å². The minimum absolute atomic E-state index is 0.133. The van der Waals surface area contributed by atoms with Gasteiger partial charge >= 0.3 is 0 Å². The number of carbonyl (C=O) groups is 1. The second kappa shape index (κ2) is 10.8. The van der Waals surface area contributed by atoms with Gasteiger partial charge in [-0.3, -0.25) is 4.79 Å². The van der Waals surface area contributed by atoms with Gasteiger partial charge < -0.3 is 9.88 Å². The maximum atomic E-state index is 11.9. The van der Waals surface area contributed by atoms with Gasteiger partial charge in [0.1, 0.15) is 5.52 Å². The zero-order valence-electron chi connectivity index (χ0n) is 19.5. The normalized spacial score (nSPS) is 11.5. The van der Waals surface area contributed by atoms with Crippen molar-refractivity contribution in [2.45, 2.75) is 51.7 Å². The average molecular weight is 462 g/mol. The molecule has 0 aliphatic rings. The lowest BCUT2D eigenvalue weighted by molar-refractivity contribution is -0.121. The van der Waals surface area contributed by atoms with Gasteiger partial charge in [-0.1, -0.05) is 68.1 Å². The monoisotopic (exact) mass is 461 g/mol. The van der Waals surface area contributed by atoms with E-state index in [1.165, 1.54) is 11.1 Å². The Morgan fingerprint density at radius 2 is 1.85 bits per heavy atom. The molecule has 0 spiro atoms. The van der Waals surface area contributed by atoms with Crippen LogP contribution in [0.5, 0.6) is 0 Å². The molecule has 2 heterocycles. The van der Waals surface area contributed by atoms with Crippen molar-refractivity contribution in [2.75, 3.05) is 12.3 Å². The summed E-state index contributed by atoms with van der Waals surface area (Å²) >= 11 is 1.60. The lowest BCUT2D eigenvalue weighted by atomic mass is 10.1. The van der Waals surface area contributed by atoms with Crippen LogP contribution >= 0.6 is 11.8 Å². The highest BCUT2D eigenvalue weighted by molar-refractivity contribution is 7.99. The molecule has 0 aliphatic heterocycles. The molecule has 0 radical (unpaired) electrons. The number of unbranched alkanes of at least 4 members (excludes halogenated alkanes) is 1. The molecule has 0 aliphatic carbocycles. The van der Waals surface area contributed by atoms with E-state index in [-0.39, 0.29) is 5.91 Å². The van der Waals surface area contributed by atoms with E-state index in [9.17, 15) is 4.79 Å². The van der Waals surface area contributed by atoms with Crippen LogP contribution in [-0.2, 0) is 11.3 Å². The molecule has 1 amide bonds. The third-order valence-electron chi connectivity index (χ3n) is 5.68. The van der Waals surface area contributed by atoms with E-state index in [2.05, 4.69) is 83.3 Å². The summed E-state index contributed by atoms with van der Waals surface area (Å²) < 4.78 is 2.24. The fourth-order valence-electron chi connectivity index (χ4n) is 3.83. The molecule has 6 nitrogen and oxygen atoms in total. The van der Waals surface area contributed by atoms with Crippen LogP contribution in [0.1, 0.15) is 44.2 Å². The Bertz CT molecular complexity index is 1250. The van der Waals surface area contributed by atoms with E-state index in [4.69, 9.17) is 4.98 Å². The van der Waals surface area contributed by atoms with Crippen molar-refractivity contribution in [3.63, 3.8) is 0 Å². The van der Waals surface area contributed by atoms with Gasteiger partial charge in [0.05, 0.1) is 5.52 Å². The number of aryl methyl sites for hydroxylation is 1. The summed E-state index contributed by atoms with van der Waals surface area (Å²) in [4.78, 5) is 16.8. The Morgan fingerprint density at radius 1 is 1.06 bits per heavy atom. The second-order valence-electron chi connectivity index (χ2n) is 8.80. The molecule has 2 aromatic heterocycles. The number of nitrogens with zero attached hydrogens (tertiary/aromatic N) is 4. The number of aromatic nitrogens is 4. The van der Waals surface area contributed by atoms with Crippen LogP contribution in [0.25, 0.3) is 22.1 Å². The summed E-state index contributed by atoms with van der Waals surface area (Å²) in [5.41, 5.74) is 5.35. The summed E-state index contributed by atoms with van der Waals surface area (Å²) in [7, 11) is 0. The molecule has 33 heavy (non-hydrogen) atoms. The van der Waals surface area contributed by atoms with Gasteiger partial charge in [0.15, 0.2) is 5.65 Å². The van der Waals surface area contributed by atoms with E-state index in [1.54, 1.807) is 11.8 Å². The Hall–Kier alpha value is -2.93. The van der Waals surface area contributed by atoms with Gasteiger partial charge in [-0.05, 0) is 42.9 Å². The molecule has 2 aromatic carbocycles. The molecular weight excluding hydrogens is 430 g/mol. The first-order valence-corrected chi connectivity index (χ1v) is 12.6. The molecule has 4 aromatic rings. The SMILES string of the molecule is Cc1ccccc1Cn1c2ccccc2c2nnc(SCCCCC(=O)NCC(C)C)nc21. The van der Waals surface area contributed by atoms with Crippen LogP contribution in [0.4, 0.5) is 0 Å². The maximum Gasteiger partial charge on any atom is 0.220 e. The standard InChI is InChI=1S/C26H31N5OS/c1-18(2)16-27-23(32)14-8-9-15-33-26-28-25-24(29-30-26)21-12-6-7-13-22(21)31(25)17-20-11-5-4-10-19(20)3/h4-7,10-13,18H,8-9,14-17H2,1-3H3,(H,27,32). The molecule has 0 bridgehead atoms. The van der Waals surface area contributed by atoms with Crippen molar-refractivity contribution in [3.05, 3.63) is 59.7 Å². The van der Waals surface area contributed by atoms with Gasteiger partial charge in [0, 0.05) is 30.6 Å². The van der Waals surface area contributed by atoms with Crippen molar-refractivity contribution in [3.8, 4) is 0 Å². The van der Waals surface area contributed by atoms with Crippen molar-refractivity contribution >= 4 is 39.7 Å². The summed E-state index contributed by atoms with van der Waals surface area (Å²) in [6.45, 7) is 7.82. The van der Waals surface area contributed by atoms with Crippen molar-refractivity contribution in [1.29, 1.82) is 0 Å². The Kier molecular flexibility index (Phi) is 7.60. The molecule has 0 atom stereocenters. The van der Waals surface area contributed by atoms with E-state index < -0.39 is 0 Å². The lowest BCUT2D eigenvalue weighted by Gasteiger charge is -2.10. The number of para-hydroxylation sites is 1. The predicted octanol–water partition coefficient (Wildman–Crippen LogP) is 5.37. The van der Waals surface area contributed by atoms with Gasteiger partial charge in [-0.2, -0.15) is 0 Å². The fraction of sp³-hybridized carbons (Fsp3) is 0.385. The van der Waals surface area contributed by atoms with Crippen LogP contribution in [0.15, 0.2) is 53.7 Å². The van der Waals surface area contributed by atoms with Crippen LogP contribution in [0.2, 0.25) is 0 Å². The number of fused-ring (bicyclic) bond motifs is 3. The smallest absolute Gasteiger partial charge is 0.220 e. The summed E-state index contributed by atoms with van der Waals surface area (Å²) in [5, 5.41) is 13.7. The van der Waals surface area contributed by atoms with Crippen LogP contribution in [0, 0.1) is 12.8 Å². The Morgan fingerprint density at radius 3 is 2.67 bits per heavy atom. The number of amides is 1. The molecule has 7 heteroatoms. The number of hydrogen-bond acceptors (Lipinski definition) is 5. The minimum atomic E-state index is 0.133. The van der Waals surface area contributed by atoms with Gasteiger partial charge in [0.25, 0.3) is 0 Å². The number of rotatable bonds is 10. The first-order chi connectivity index (χ1) is 16.0. The number of thioether (sulfide) groups is 1. The van der Waals surface area contributed by atoms with Gasteiger partial charge in [-0.25, -0.2) is 4.98 Å². The third-order valence-corrected chi connectivity index (χ3v) is 6.60. The summed E-state index contributed by atoms with van der Waals surface area (Å²) in [5.74, 6) is 1.47. The summed E-state index contributed by atoms with van der Waals surface area (Å²) in [6.07, 6.45) is 2.36. The highest BCUT2D eigenvalue weighted by Crippen LogP contribution is 2.28. The highest BCUT2D eigenvalue weighted by Gasteiger charge is 2.15. The van der Waals surface area contributed by atoms with Crippen LogP contribution < -0.4 is 5.32 Å². The predicted molar refractivity (Wildman–Crippen MR) is 136 cm³/mol. The van der Waals surface area contributed by atoms with Crippen molar-refractivity contribution < 1.29 is 4.79 Å². The maximum absolute atomic E-state index is 11.9. The van der Waals surface area contributed by atoms with Gasteiger partial charge in [-0.15, -0.1) is 10.2 Å². The van der Waals surface area contributed by atoms with E-state index >= 15 is 0 Å². The zero-order chi connectivity index (χ0) is 23.2. The van der Waals surface area contributed by atoms with E-state index in [0.29, 0.717) is 17.5 Å². The average Bonchev–Trinajstić information content (AvgIpc) is 3.12. The van der Waals surface area contributed by atoms with E-state index in [0.717, 1.165) is 53.8 Å². The largest absolute Gasteiger partial charge is 0.356 e. The quantitative estimate of drug-likeness (QED) is 0.254. The fourth-order valence-corrected chi connectivity index (χ4v) is 4.61. The number of nitrogens with one attached hydrogen (secondary N) is 1. The second-order valence-corrected chi connectivity index (χ2v) is 9.86. The minimum Gasteiger partial charge on any atom is -0.356 e. The van der Waals surface area contributed by atoms with Crippen molar-refractivity contribution in [1.82, 2.24) is 25.1 Å². The highest BCUT2D eigenvalue weighted by atomic mass is 32.2. The Balaban J connectivity index is 1.47. The van der Waals surface area contributed by atoms with Gasteiger partial charge in [0.2, 0.25) is 11.1 Å². The lowest BCUT2D eigenvalue weighted by Crippen LogP contribution is -2.26. The molecule has 0 saturated heterocycles. The first-order valence-electron chi connectivity index (χ1n) is 11.6. The number of benzene rings is 2. The molecule has 0 unspecified atom stereocenters. The molecule has 1 N–H and O–H groups in total. The van der Waals surface area contributed by atoms with Crippen LogP contribution in [-0.4, -0.2) is 38.0 Å². The first kappa shape index (κ1) is 23.2. The topological polar surface area (TPSA) is 72.7 Å². The number of hydrogen-bond donors (Lipinski definition) is 1. The van der Waals surface area contributed by atoms with E-state index in [1.807, 2.05) is 6.07 Å². The molecule has 0 fully saturated rings. The van der Waals surface area contributed by atoms with Crippen molar-refractivity contribution in [2.24, 2.45) is 5.92 Å².